The second kappa shape index (κ2) is 22.6. The van der Waals surface area contributed by atoms with Crippen molar-refractivity contribution in [3.8, 4) is 34.8 Å². The number of carbonyl (C=O) groups excluding carboxylic acids is 4. The Bertz CT molecular complexity index is 2830. The van der Waals surface area contributed by atoms with E-state index in [1.54, 1.807) is 58.6 Å². The van der Waals surface area contributed by atoms with Gasteiger partial charge in [-0.1, -0.05) is 36.4 Å². The predicted molar refractivity (Wildman–Crippen MR) is 263 cm³/mol. The summed E-state index contributed by atoms with van der Waals surface area (Å²) in [7, 11) is 0. The summed E-state index contributed by atoms with van der Waals surface area (Å²) in [5, 5.41) is 31.0. The van der Waals surface area contributed by atoms with Crippen LogP contribution in [0.1, 0.15) is 79.1 Å². The molecule has 0 saturated heterocycles. The zero-order chi connectivity index (χ0) is 49.0. The fourth-order valence-corrected chi connectivity index (χ4v) is 8.72. The van der Waals surface area contributed by atoms with Crippen LogP contribution >= 0.6 is 0 Å². The Morgan fingerprint density at radius 1 is 0.586 bits per heavy atom. The van der Waals surface area contributed by atoms with Crippen molar-refractivity contribution in [2.45, 2.75) is 53.0 Å². The minimum absolute atomic E-state index is 0.109. The van der Waals surface area contributed by atoms with Gasteiger partial charge in [-0.25, -0.2) is 0 Å². The first-order chi connectivity index (χ1) is 34.1. The van der Waals surface area contributed by atoms with Gasteiger partial charge >= 0.3 is 0 Å². The number of pyridine rings is 2. The van der Waals surface area contributed by atoms with E-state index in [-0.39, 0.29) is 36.8 Å². The largest absolute Gasteiger partial charge is 0.488 e. The first-order valence-electron chi connectivity index (χ1n) is 23.1. The van der Waals surface area contributed by atoms with Crippen molar-refractivity contribution in [1.29, 1.82) is 10.5 Å². The molecule has 4 aromatic carbocycles. The summed E-state index contributed by atoms with van der Waals surface area (Å²) in [4.78, 5) is 63.6. The van der Waals surface area contributed by atoms with E-state index in [9.17, 15) is 29.7 Å². The molecule has 0 spiro atoms. The summed E-state index contributed by atoms with van der Waals surface area (Å²) < 4.78 is 12.6. The lowest BCUT2D eigenvalue weighted by Crippen LogP contribution is -2.30. The van der Waals surface area contributed by atoms with E-state index in [4.69, 9.17) is 9.47 Å². The summed E-state index contributed by atoms with van der Waals surface area (Å²) in [6.45, 7) is 7.03. The maximum absolute atomic E-state index is 14.5. The van der Waals surface area contributed by atoms with E-state index in [1.165, 1.54) is 26.2 Å². The standard InChI is InChI=1S/C54H52N10O6/c1-35(65)61-17-15-57-31-43-11-9-41(23-51(43)69-33-39-21-37(25-55)27-59-29-39)53(67)63-19-13-47-45(5-3-7-49(47)63)46-6-4-8-50-48(46)14-20-64(50)54(68)42-10-12-44(32-58-16-18-62-36(2)66)52(24-42)70-34-40-22-38(26-56)28-60-30-40/h3-12,21-24,27-30,57-58H,13-20,31-34H2,1-2H3,(H,61,65)(H,62,66). The van der Waals surface area contributed by atoms with Crippen molar-refractivity contribution in [3.05, 3.63) is 165 Å². The van der Waals surface area contributed by atoms with Crippen molar-refractivity contribution in [3.63, 3.8) is 0 Å². The summed E-state index contributed by atoms with van der Waals surface area (Å²) in [6, 6.07) is 30.6. The molecule has 2 aliphatic rings. The minimum Gasteiger partial charge on any atom is -0.488 e. The van der Waals surface area contributed by atoms with Crippen LogP contribution < -0.4 is 40.5 Å². The molecule has 2 aromatic heterocycles. The molecular weight excluding hydrogens is 885 g/mol. The lowest BCUT2D eigenvalue weighted by Gasteiger charge is -2.21. The smallest absolute Gasteiger partial charge is 0.258 e. The molecule has 6 aromatic rings. The number of rotatable bonds is 19. The van der Waals surface area contributed by atoms with Crippen LogP contribution in [-0.2, 0) is 48.7 Å². The number of aromatic nitrogens is 2. The number of carbonyl (C=O) groups is 4. The van der Waals surface area contributed by atoms with E-state index in [0.29, 0.717) is 110 Å². The van der Waals surface area contributed by atoms with Crippen molar-refractivity contribution in [2.24, 2.45) is 0 Å². The molecule has 16 heteroatoms. The van der Waals surface area contributed by atoms with Crippen LogP contribution in [0.3, 0.4) is 0 Å². The van der Waals surface area contributed by atoms with Gasteiger partial charge in [0.15, 0.2) is 0 Å². The summed E-state index contributed by atoms with van der Waals surface area (Å²) in [5.74, 6) is 0.470. The first kappa shape index (κ1) is 48.0. The number of benzene rings is 4. The van der Waals surface area contributed by atoms with Gasteiger partial charge < -0.3 is 40.5 Å². The second-order valence-electron chi connectivity index (χ2n) is 16.9. The second-order valence-corrected chi connectivity index (χ2v) is 16.9. The summed E-state index contributed by atoms with van der Waals surface area (Å²) in [6.07, 6.45) is 7.54. The maximum atomic E-state index is 14.5. The fraction of sp³-hybridized carbons (Fsp3) is 0.259. The van der Waals surface area contributed by atoms with Gasteiger partial charge in [0.25, 0.3) is 11.8 Å². The monoisotopic (exact) mass is 936 g/mol. The molecule has 0 atom stereocenters. The van der Waals surface area contributed by atoms with E-state index < -0.39 is 0 Å². The highest BCUT2D eigenvalue weighted by Crippen LogP contribution is 2.43. The van der Waals surface area contributed by atoms with Crippen LogP contribution in [0.15, 0.2) is 110 Å². The van der Waals surface area contributed by atoms with Crippen molar-refractivity contribution < 1.29 is 28.7 Å². The number of anilines is 2. The average Bonchev–Trinajstić information content (AvgIpc) is 4.02. The molecule has 0 radical (unpaired) electrons. The minimum atomic E-state index is -0.170. The number of ether oxygens (including phenoxy) is 2. The number of hydrogen-bond donors (Lipinski definition) is 4. The van der Waals surface area contributed by atoms with Crippen LogP contribution in [0.2, 0.25) is 0 Å². The highest BCUT2D eigenvalue weighted by Gasteiger charge is 2.32. The van der Waals surface area contributed by atoms with Crippen LogP contribution in [0, 0.1) is 22.7 Å². The Morgan fingerprint density at radius 2 is 1.03 bits per heavy atom. The van der Waals surface area contributed by atoms with Crippen molar-refractivity contribution in [1.82, 2.24) is 31.2 Å². The third kappa shape index (κ3) is 11.4. The van der Waals surface area contributed by atoms with Gasteiger partial charge in [-0.3, -0.25) is 29.1 Å². The molecule has 0 bridgehead atoms. The van der Waals surface area contributed by atoms with Gasteiger partial charge in [0, 0.05) is 136 Å². The lowest BCUT2D eigenvalue weighted by atomic mass is 9.93. The zero-order valence-electron chi connectivity index (χ0n) is 39.0. The van der Waals surface area contributed by atoms with Gasteiger partial charge in [-0.05, 0) is 83.6 Å². The number of nitrogens with zero attached hydrogens (tertiary/aromatic N) is 6. The number of nitrogens with one attached hydrogen (secondary N) is 4. The Hall–Kier alpha value is -8.44. The Balaban J connectivity index is 1.01. The molecule has 0 fully saturated rings. The molecule has 0 aliphatic carbocycles. The van der Waals surface area contributed by atoms with E-state index in [1.807, 2.05) is 36.4 Å². The first-order valence-corrected chi connectivity index (χ1v) is 23.1. The highest BCUT2D eigenvalue weighted by atomic mass is 16.5. The van der Waals surface area contributed by atoms with Gasteiger partial charge in [-0.2, -0.15) is 10.5 Å². The maximum Gasteiger partial charge on any atom is 0.258 e. The third-order valence-electron chi connectivity index (χ3n) is 12.1. The molecule has 8 rings (SSSR count). The fourth-order valence-electron chi connectivity index (χ4n) is 8.72. The number of amides is 4. The number of hydrogen-bond acceptors (Lipinski definition) is 12. The van der Waals surface area contributed by atoms with Gasteiger partial charge in [0.1, 0.15) is 36.9 Å². The third-order valence-corrected chi connectivity index (χ3v) is 12.1. The van der Waals surface area contributed by atoms with Gasteiger partial charge in [-0.15, -0.1) is 0 Å². The van der Waals surface area contributed by atoms with E-state index >= 15 is 0 Å². The summed E-state index contributed by atoms with van der Waals surface area (Å²) >= 11 is 0. The van der Waals surface area contributed by atoms with Crippen molar-refractivity contribution in [2.75, 3.05) is 49.1 Å². The molecule has 0 unspecified atom stereocenters. The predicted octanol–water partition coefficient (Wildman–Crippen LogP) is 5.90. The Kier molecular flexibility index (Phi) is 15.5. The highest BCUT2D eigenvalue weighted by molar-refractivity contribution is 6.09. The lowest BCUT2D eigenvalue weighted by molar-refractivity contribution is -0.119. The van der Waals surface area contributed by atoms with E-state index in [0.717, 1.165) is 44.8 Å². The number of nitriles is 2. The van der Waals surface area contributed by atoms with Crippen LogP contribution in [0.5, 0.6) is 11.5 Å². The number of fused-ring (bicyclic) bond motifs is 2. The molecule has 354 valence electrons. The van der Waals surface area contributed by atoms with Gasteiger partial charge in [0.2, 0.25) is 11.8 Å². The van der Waals surface area contributed by atoms with Gasteiger partial charge in [0.05, 0.1) is 11.1 Å². The average molecular weight is 937 g/mol. The van der Waals surface area contributed by atoms with Crippen LogP contribution in [0.25, 0.3) is 11.1 Å². The molecule has 70 heavy (non-hydrogen) atoms. The van der Waals surface area contributed by atoms with Crippen LogP contribution in [-0.4, -0.2) is 72.9 Å². The molecule has 4 heterocycles. The topological polar surface area (TPSA) is 215 Å². The molecule has 4 amide bonds. The summed E-state index contributed by atoms with van der Waals surface area (Å²) in [5.41, 5.74) is 10.6. The molecule has 4 N–H and O–H groups in total. The SMILES string of the molecule is CC(=O)NCCNCc1ccc(C(=O)N2CCc3c(-c4cccc5c4CCN5C(=O)c4ccc(CNCCNC(C)=O)c(OCc5cncc(C#N)c5)c4)cccc32)cc1OCc1cncc(C#N)c1. The quantitative estimate of drug-likeness (QED) is 0.0699. The van der Waals surface area contributed by atoms with E-state index in [2.05, 4.69) is 55.5 Å². The van der Waals surface area contributed by atoms with Crippen LogP contribution in [0.4, 0.5) is 11.4 Å². The normalized spacial score (nSPS) is 12.3. The Morgan fingerprint density at radius 3 is 1.44 bits per heavy atom. The molecule has 2 aliphatic heterocycles. The van der Waals surface area contributed by atoms with Crippen molar-refractivity contribution >= 4 is 35.0 Å². The molecule has 16 nitrogen and oxygen atoms in total. The molecule has 0 saturated carbocycles. The Labute approximate surface area is 406 Å². The molecular formula is C54H52N10O6. The zero-order valence-corrected chi connectivity index (χ0v) is 39.0.